The van der Waals surface area contributed by atoms with E-state index in [2.05, 4.69) is 10.2 Å². The van der Waals surface area contributed by atoms with Crippen molar-refractivity contribution in [3.8, 4) is 23.0 Å². The zero-order valence-corrected chi connectivity index (χ0v) is 20.4. The molecule has 33 heavy (non-hydrogen) atoms. The quantitative estimate of drug-likeness (QED) is 0.234. The molecule has 9 nitrogen and oxygen atoms in total. The summed E-state index contributed by atoms with van der Waals surface area (Å²) in [4.78, 5) is 25.4. The maximum absolute atomic E-state index is 13.1. The van der Waals surface area contributed by atoms with E-state index in [4.69, 9.17) is 42.3 Å². The molecule has 0 N–H and O–H groups in total. The van der Waals surface area contributed by atoms with Gasteiger partial charge in [0.25, 0.3) is 5.91 Å². The van der Waals surface area contributed by atoms with Crippen LogP contribution in [-0.4, -0.2) is 45.2 Å². The fraction of sp³-hybridized carbons (Fsp3) is 0.364. The monoisotopic (exact) mass is 497 g/mol. The zero-order chi connectivity index (χ0) is 24.5. The van der Waals surface area contributed by atoms with Crippen LogP contribution in [0, 0.1) is 0 Å². The van der Waals surface area contributed by atoms with Gasteiger partial charge in [-0.2, -0.15) is 5.11 Å². The molecule has 1 amide bonds. The van der Waals surface area contributed by atoms with Gasteiger partial charge in [0.15, 0.2) is 28.8 Å². The van der Waals surface area contributed by atoms with Crippen LogP contribution >= 0.6 is 23.4 Å². The Morgan fingerprint density at radius 2 is 1.70 bits per heavy atom. The lowest BCUT2D eigenvalue weighted by Crippen LogP contribution is -2.36. The van der Waals surface area contributed by atoms with Crippen LogP contribution < -0.4 is 23.4 Å². The minimum Gasteiger partial charge on any atom is -0.493 e. The molecule has 0 saturated heterocycles. The van der Waals surface area contributed by atoms with Crippen LogP contribution in [0.25, 0.3) is 0 Å². The molecule has 2 aromatic rings. The van der Waals surface area contributed by atoms with Gasteiger partial charge in [0.05, 0.1) is 32.5 Å². The summed E-state index contributed by atoms with van der Waals surface area (Å²) < 4.78 is 22.5. The van der Waals surface area contributed by atoms with Gasteiger partial charge in [-0.25, -0.2) is 4.42 Å². The fourth-order valence-corrected chi connectivity index (χ4v) is 3.26. The Morgan fingerprint density at radius 1 is 1.00 bits per heavy atom. The molecule has 0 spiro atoms. The van der Waals surface area contributed by atoms with Crippen molar-refractivity contribution in [2.75, 3.05) is 31.9 Å². The van der Waals surface area contributed by atoms with Crippen LogP contribution in [-0.2, 0) is 9.59 Å². The molecule has 0 radical (unpaired) electrons. The highest BCUT2D eigenvalue weighted by Gasteiger charge is 2.31. The van der Waals surface area contributed by atoms with Crippen LogP contribution in [0.1, 0.15) is 20.8 Å². The van der Waals surface area contributed by atoms with Crippen LogP contribution in [0.2, 0.25) is 5.02 Å². The molecular formula is C22H25Cl2N3O6. The van der Waals surface area contributed by atoms with E-state index in [1.165, 1.54) is 27.2 Å². The highest BCUT2D eigenvalue weighted by molar-refractivity contribution is 6.39. The van der Waals surface area contributed by atoms with E-state index in [1.807, 2.05) is 6.92 Å². The SMILES string of the molecule is CCOc1cccc(N(Cl)C(=O)C(N=Nc2c(Cl)ccc(OC)c2OC)C(C)=O)c1OCC. The largest absolute Gasteiger partial charge is 0.493 e. The van der Waals surface area contributed by atoms with Crippen LogP contribution in [0.5, 0.6) is 23.0 Å². The highest BCUT2D eigenvalue weighted by atomic mass is 35.5. The number of para-hydroxylation sites is 1. The first kappa shape index (κ1) is 26.2. The second kappa shape index (κ2) is 12.3. The summed E-state index contributed by atoms with van der Waals surface area (Å²) in [5.41, 5.74) is 0.306. The molecule has 0 aliphatic heterocycles. The molecular weight excluding hydrogens is 473 g/mol. The number of amides is 1. The van der Waals surface area contributed by atoms with E-state index in [1.54, 1.807) is 31.2 Å². The molecule has 2 rings (SSSR count). The van der Waals surface area contributed by atoms with Crippen molar-refractivity contribution in [3.05, 3.63) is 35.4 Å². The molecule has 0 aliphatic rings. The first-order valence-electron chi connectivity index (χ1n) is 10.0. The predicted molar refractivity (Wildman–Crippen MR) is 126 cm³/mol. The van der Waals surface area contributed by atoms with Crippen LogP contribution in [0.3, 0.4) is 0 Å². The average molecular weight is 498 g/mol. The number of methoxy groups -OCH3 is 2. The van der Waals surface area contributed by atoms with Crippen molar-refractivity contribution in [2.45, 2.75) is 26.8 Å². The number of ketones is 1. The van der Waals surface area contributed by atoms with Gasteiger partial charge >= 0.3 is 0 Å². The third kappa shape index (κ3) is 6.06. The second-order valence-electron chi connectivity index (χ2n) is 6.45. The number of halogens is 2. The summed E-state index contributed by atoms with van der Waals surface area (Å²) in [6.07, 6.45) is 0. The minimum absolute atomic E-state index is 0.104. The van der Waals surface area contributed by atoms with Crippen molar-refractivity contribution in [1.82, 2.24) is 0 Å². The third-order valence-electron chi connectivity index (χ3n) is 4.31. The fourth-order valence-electron chi connectivity index (χ4n) is 2.84. The first-order chi connectivity index (χ1) is 15.8. The lowest BCUT2D eigenvalue weighted by atomic mass is 10.2. The Morgan fingerprint density at radius 3 is 2.27 bits per heavy atom. The summed E-state index contributed by atoms with van der Waals surface area (Å²) >= 11 is 12.6. The van der Waals surface area contributed by atoms with Gasteiger partial charge in [0.2, 0.25) is 6.04 Å². The summed E-state index contributed by atoms with van der Waals surface area (Å²) in [5.74, 6) is -0.179. The normalized spacial score (nSPS) is 11.7. The van der Waals surface area contributed by atoms with Crippen LogP contribution in [0.4, 0.5) is 11.4 Å². The lowest BCUT2D eigenvalue weighted by Gasteiger charge is -2.21. The summed E-state index contributed by atoms with van der Waals surface area (Å²) in [5, 5.41) is 8.13. The summed E-state index contributed by atoms with van der Waals surface area (Å²) in [6, 6.07) is 6.48. The van der Waals surface area contributed by atoms with E-state index in [-0.39, 0.29) is 27.9 Å². The number of carbonyl (C=O) groups is 2. The summed E-state index contributed by atoms with van der Waals surface area (Å²) in [6.45, 7) is 5.49. The van der Waals surface area contributed by atoms with Gasteiger partial charge in [-0.3, -0.25) is 9.59 Å². The maximum Gasteiger partial charge on any atom is 0.276 e. The Bertz CT molecular complexity index is 1030. The highest BCUT2D eigenvalue weighted by Crippen LogP contribution is 2.43. The Balaban J connectivity index is 2.45. The number of hydrogen-bond donors (Lipinski definition) is 0. The number of anilines is 1. The van der Waals surface area contributed by atoms with Gasteiger partial charge in [0, 0.05) is 11.8 Å². The van der Waals surface area contributed by atoms with Crippen LogP contribution in [0.15, 0.2) is 40.6 Å². The molecule has 0 aliphatic carbocycles. The molecule has 11 heteroatoms. The molecule has 0 aromatic heterocycles. The van der Waals surface area contributed by atoms with E-state index in [0.29, 0.717) is 24.7 Å². The number of Topliss-reactive ketones (excluding diaryl/α,β-unsaturated/α-hetero) is 1. The molecule has 2 aromatic carbocycles. The van der Waals surface area contributed by atoms with Crippen molar-refractivity contribution in [3.63, 3.8) is 0 Å². The Kier molecular flexibility index (Phi) is 9.74. The van der Waals surface area contributed by atoms with Gasteiger partial charge < -0.3 is 18.9 Å². The number of hydrogen-bond acceptors (Lipinski definition) is 8. The second-order valence-corrected chi connectivity index (χ2v) is 7.19. The minimum atomic E-state index is -1.54. The third-order valence-corrected chi connectivity index (χ3v) is 4.97. The van der Waals surface area contributed by atoms with Crippen molar-refractivity contribution in [1.29, 1.82) is 0 Å². The van der Waals surface area contributed by atoms with Crippen molar-refractivity contribution in [2.24, 2.45) is 10.2 Å². The number of nitrogens with zero attached hydrogens (tertiary/aromatic N) is 3. The molecule has 1 unspecified atom stereocenters. The summed E-state index contributed by atoms with van der Waals surface area (Å²) in [7, 11) is 2.86. The smallest absolute Gasteiger partial charge is 0.276 e. The number of benzene rings is 2. The van der Waals surface area contributed by atoms with Crippen molar-refractivity contribution < 1.29 is 28.5 Å². The molecule has 0 heterocycles. The number of ether oxygens (including phenoxy) is 4. The van der Waals surface area contributed by atoms with Gasteiger partial charge in [0.1, 0.15) is 11.4 Å². The molecule has 0 bridgehead atoms. The number of rotatable bonds is 11. The number of carbonyl (C=O) groups excluding carboxylic acids is 2. The standard InChI is InChI=1S/C22H25Cl2N3O6/c1-6-32-17-10-8-9-15(20(17)33-7-2)27(24)22(29)18(13(3)28)25-26-19-14(23)11-12-16(30-4)21(19)31-5/h8-12,18H,6-7H2,1-5H3. The van der Waals surface area contributed by atoms with Crippen molar-refractivity contribution >= 4 is 46.4 Å². The Labute approximate surface area is 202 Å². The van der Waals surface area contributed by atoms with E-state index in [0.717, 1.165) is 4.42 Å². The van der Waals surface area contributed by atoms with Gasteiger partial charge in [-0.05, 0) is 45.0 Å². The van der Waals surface area contributed by atoms with E-state index < -0.39 is 17.7 Å². The number of azo groups is 1. The Hall–Kier alpha value is -3.04. The molecule has 178 valence electrons. The molecule has 1 atom stereocenters. The predicted octanol–water partition coefficient (Wildman–Crippen LogP) is 5.38. The average Bonchev–Trinajstić information content (AvgIpc) is 2.80. The topological polar surface area (TPSA) is 99.0 Å². The van der Waals surface area contributed by atoms with Gasteiger partial charge in [-0.15, -0.1) is 5.11 Å². The van der Waals surface area contributed by atoms with E-state index >= 15 is 0 Å². The first-order valence-corrected chi connectivity index (χ1v) is 10.7. The van der Waals surface area contributed by atoms with Gasteiger partial charge in [-0.1, -0.05) is 17.7 Å². The molecule has 0 saturated carbocycles. The maximum atomic E-state index is 13.1. The van der Waals surface area contributed by atoms with E-state index in [9.17, 15) is 9.59 Å². The molecule has 0 fully saturated rings. The lowest BCUT2D eigenvalue weighted by molar-refractivity contribution is -0.126. The zero-order valence-electron chi connectivity index (χ0n) is 18.9.